The molecular weight excluding hydrogens is 360 g/mol. The van der Waals surface area contributed by atoms with Gasteiger partial charge < -0.3 is 16.0 Å². The summed E-state index contributed by atoms with van der Waals surface area (Å²) in [5, 5.41) is 3.44. The van der Waals surface area contributed by atoms with E-state index in [1.165, 1.54) is 11.3 Å². The molecule has 0 fully saturated rings. The second kappa shape index (κ2) is 8.48. The van der Waals surface area contributed by atoms with Crippen molar-refractivity contribution in [2.24, 2.45) is 11.7 Å². The van der Waals surface area contributed by atoms with Crippen LogP contribution in [-0.2, 0) is 16.0 Å². The van der Waals surface area contributed by atoms with Gasteiger partial charge in [0.2, 0.25) is 11.8 Å². The number of nitrogens with zero attached hydrogens (tertiary/aromatic N) is 1. The highest BCUT2D eigenvalue weighted by Gasteiger charge is 2.17. The summed E-state index contributed by atoms with van der Waals surface area (Å²) in [5.74, 6) is -0.398. The minimum Gasteiger partial charge on any atom is -0.368 e. The first-order valence-corrected chi connectivity index (χ1v) is 9.82. The van der Waals surface area contributed by atoms with Crippen LogP contribution < -0.4 is 16.6 Å². The van der Waals surface area contributed by atoms with Gasteiger partial charge in [-0.25, -0.2) is 4.98 Å². The van der Waals surface area contributed by atoms with Crippen molar-refractivity contribution in [1.82, 2.24) is 15.3 Å². The van der Waals surface area contributed by atoms with Crippen molar-refractivity contribution in [3.05, 3.63) is 20.8 Å². The molecule has 2 aromatic rings. The summed E-state index contributed by atoms with van der Waals surface area (Å²) >= 11 is 2.62. The van der Waals surface area contributed by atoms with Crippen LogP contribution in [0.3, 0.4) is 0 Å². The zero-order valence-electron chi connectivity index (χ0n) is 14.5. The highest BCUT2D eigenvalue weighted by molar-refractivity contribution is 7.99. The number of nitrogens with two attached hydrogens (primary N) is 1. The third kappa shape index (κ3) is 5.05. The first-order valence-electron chi connectivity index (χ1n) is 8.01. The van der Waals surface area contributed by atoms with Gasteiger partial charge in [-0.3, -0.25) is 14.4 Å². The molecule has 9 heteroatoms. The molecule has 25 heavy (non-hydrogen) atoms. The van der Waals surface area contributed by atoms with E-state index in [2.05, 4.69) is 29.1 Å². The summed E-state index contributed by atoms with van der Waals surface area (Å²) in [6, 6.07) is 0. The number of aromatic amines is 1. The number of rotatable bonds is 8. The van der Waals surface area contributed by atoms with E-state index in [1.807, 2.05) is 6.92 Å². The van der Waals surface area contributed by atoms with Crippen molar-refractivity contribution in [3.8, 4) is 0 Å². The zero-order valence-corrected chi connectivity index (χ0v) is 16.1. The zero-order chi connectivity index (χ0) is 18.6. The van der Waals surface area contributed by atoms with Gasteiger partial charge in [0.1, 0.15) is 4.83 Å². The highest BCUT2D eigenvalue weighted by Crippen LogP contribution is 2.30. The van der Waals surface area contributed by atoms with Gasteiger partial charge in [0, 0.05) is 4.88 Å². The average Bonchev–Trinajstić information content (AvgIpc) is 2.86. The van der Waals surface area contributed by atoms with Crippen LogP contribution in [0.15, 0.2) is 9.95 Å². The van der Waals surface area contributed by atoms with E-state index in [0.29, 0.717) is 21.3 Å². The lowest BCUT2D eigenvalue weighted by atomic mass is 9.98. The van der Waals surface area contributed by atoms with Gasteiger partial charge in [0.05, 0.1) is 17.7 Å². The van der Waals surface area contributed by atoms with Crippen LogP contribution >= 0.6 is 23.1 Å². The van der Waals surface area contributed by atoms with Gasteiger partial charge >= 0.3 is 0 Å². The van der Waals surface area contributed by atoms with Crippen LogP contribution in [0.4, 0.5) is 0 Å². The molecule has 0 saturated carbocycles. The Morgan fingerprint density at radius 2 is 2.16 bits per heavy atom. The monoisotopic (exact) mass is 382 g/mol. The molecule has 1 atom stereocenters. The molecule has 2 aromatic heterocycles. The number of hydrogen-bond donors (Lipinski definition) is 3. The minimum absolute atomic E-state index is 0.0474. The van der Waals surface area contributed by atoms with Crippen LogP contribution in [0, 0.1) is 12.8 Å². The Morgan fingerprint density at radius 3 is 2.80 bits per heavy atom. The topological polar surface area (TPSA) is 118 Å². The number of aryl methyl sites for hydroxylation is 1. The number of fused-ring (bicyclic) bond motifs is 1. The molecule has 0 aliphatic rings. The Labute approximate surface area is 153 Å². The van der Waals surface area contributed by atoms with Crippen LogP contribution in [0.25, 0.3) is 10.2 Å². The molecule has 7 nitrogen and oxygen atoms in total. The maximum Gasteiger partial charge on any atom is 0.260 e. The Bertz CT molecular complexity index is 844. The Morgan fingerprint density at radius 1 is 1.44 bits per heavy atom. The fourth-order valence-corrected chi connectivity index (χ4v) is 4.13. The first-order chi connectivity index (χ1) is 11.8. The molecule has 0 aromatic carbocycles. The molecule has 0 unspecified atom stereocenters. The van der Waals surface area contributed by atoms with Crippen molar-refractivity contribution >= 4 is 45.1 Å². The van der Waals surface area contributed by atoms with Gasteiger partial charge in [-0.2, -0.15) is 0 Å². The van der Waals surface area contributed by atoms with E-state index >= 15 is 0 Å². The molecule has 0 bridgehead atoms. The summed E-state index contributed by atoms with van der Waals surface area (Å²) in [6.07, 6.45) is 1.91. The lowest BCUT2D eigenvalue weighted by molar-refractivity contribution is -0.123. The van der Waals surface area contributed by atoms with Gasteiger partial charge in [-0.15, -0.1) is 11.3 Å². The minimum atomic E-state index is -0.603. The van der Waals surface area contributed by atoms with Crippen molar-refractivity contribution in [2.75, 3.05) is 12.3 Å². The van der Waals surface area contributed by atoms with E-state index in [9.17, 15) is 14.4 Å². The molecule has 2 amide bonds. The van der Waals surface area contributed by atoms with Crippen LogP contribution in [0.1, 0.15) is 30.7 Å². The summed E-state index contributed by atoms with van der Waals surface area (Å²) < 4.78 is 0. The number of primary amides is 1. The SMILES string of the molecule is CC[C@H](C)Cc1c(C)sc2nc(SCC(=O)NCC(N)=O)[nH]c(=O)c12. The fourth-order valence-electron chi connectivity index (χ4n) is 2.33. The van der Waals surface area contributed by atoms with Gasteiger partial charge in [0.25, 0.3) is 5.56 Å². The Balaban J connectivity index is 2.18. The molecule has 136 valence electrons. The van der Waals surface area contributed by atoms with E-state index in [-0.39, 0.29) is 23.8 Å². The standard InChI is InChI=1S/C16H22N4O3S2/c1-4-8(2)5-10-9(3)25-15-13(10)14(23)19-16(20-15)24-7-12(22)18-6-11(17)21/h8H,4-7H2,1-3H3,(H2,17,21)(H,18,22)(H,19,20,23)/t8-/m0/s1. The number of nitrogens with one attached hydrogen (secondary N) is 2. The molecule has 0 radical (unpaired) electrons. The molecular formula is C16H22N4O3S2. The first kappa shape index (κ1) is 19.5. The summed E-state index contributed by atoms with van der Waals surface area (Å²) in [4.78, 5) is 43.8. The summed E-state index contributed by atoms with van der Waals surface area (Å²) in [6.45, 7) is 6.10. The molecule has 0 aliphatic carbocycles. The third-order valence-electron chi connectivity index (χ3n) is 3.89. The van der Waals surface area contributed by atoms with Gasteiger partial charge in [-0.1, -0.05) is 32.0 Å². The van der Waals surface area contributed by atoms with E-state index in [1.54, 1.807) is 0 Å². The lowest BCUT2D eigenvalue weighted by Gasteiger charge is -2.08. The predicted molar refractivity (Wildman–Crippen MR) is 101 cm³/mol. The van der Waals surface area contributed by atoms with Gasteiger partial charge in [-0.05, 0) is 24.8 Å². The second-order valence-corrected chi connectivity index (χ2v) is 8.10. The Hall–Kier alpha value is -1.87. The Kier molecular flexibility index (Phi) is 6.60. The predicted octanol–water partition coefficient (Wildman–Crippen LogP) is 1.58. The van der Waals surface area contributed by atoms with Crippen LogP contribution in [0.2, 0.25) is 0 Å². The summed E-state index contributed by atoms with van der Waals surface area (Å²) in [7, 11) is 0. The smallest absolute Gasteiger partial charge is 0.260 e. The fraction of sp³-hybridized carbons (Fsp3) is 0.500. The quantitative estimate of drug-likeness (QED) is 0.473. The molecule has 0 saturated heterocycles. The third-order valence-corrected chi connectivity index (χ3v) is 5.80. The molecule has 4 N–H and O–H groups in total. The number of aromatic nitrogens is 2. The molecule has 0 aliphatic heterocycles. The van der Waals surface area contributed by atoms with E-state index in [0.717, 1.165) is 35.0 Å². The van der Waals surface area contributed by atoms with E-state index < -0.39 is 5.91 Å². The highest BCUT2D eigenvalue weighted by atomic mass is 32.2. The number of H-pyrrole nitrogens is 1. The average molecular weight is 383 g/mol. The molecule has 0 spiro atoms. The second-order valence-electron chi connectivity index (χ2n) is 5.94. The number of amides is 2. The number of thiophene rings is 1. The number of carbonyl (C=O) groups is 2. The van der Waals surface area contributed by atoms with E-state index in [4.69, 9.17) is 5.73 Å². The summed E-state index contributed by atoms with van der Waals surface area (Å²) in [5.41, 5.74) is 5.87. The lowest BCUT2D eigenvalue weighted by Crippen LogP contribution is -2.34. The maximum atomic E-state index is 12.5. The maximum absolute atomic E-state index is 12.5. The van der Waals surface area contributed by atoms with Crippen LogP contribution in [0.5, 0.6) is 0 Å². The van der Waals surface area contributed by atoms with Crippen molar-refractivity contribution in [1.29, 1.82) is 0 Å². The van der Waals surface area contributed by atoms with Crippen LogP contribution in [-0.4, -0.2) is 34.1 Å². The molecule has 2 rings (SSSR count). The van der Waals surface area contributed by atoms with Crippen molar-refractivity contribution in [2.45, 2.75) is 38.8 Å². The number of hydrogen-bond acceptors (Lipinski definition) is 6. The van der Waals surface area contributed by atoms with Gasteiger partial charge in [0.15, 0.2) is 5.16 Å². The van der Waals surface area contributed by atoms with Crippen molar-refractivity contribution in [3.63, 3.8) is 0 Å². The van der Waals surface area contributed by atoms with Crippen molar-refractivity contribution < 1.29 is 9.59 Å². The normalized spacial score (nSPS) is 12.3. The molecule has 2 heterocycles. The number of thioether (sulfide) groups is 1. The largest absolute Gasteiger partial charge is 0.368 e. The number of carbonyl (C=O) groups excluding carboxylic acids is 2.